The SMILES string of the molecule is Cn1c(=O)n(CCN2CCN(c3ccc(OC4CNC4)cc3)CC2)c2nc(N)n3nc(-c4ccco4)cc3c21. The maximum atomic E-state index is 13.3. The van der Waals surface area contributed by atoms with Crippen LogP contribution in [0.1, 0.15) is 0 Å². The monoisotopic (exact) mass is 529 g/mol. The summed E-state index contributed by atoms with van der Waals surface area (Å²) in [5.41, 5.74) is 9.98. The van der Waals surface area contributed by atoms with E-state index in [0.717, 1.165) is 57.1 Å². The molecule has 0 unspecified atom stereocenters. The number of nitrogens with two attached hydrogens (primary N) is 1. The predicted octanol–water partition coefficient (Wildman–Crippen LogP) is 1.40. The van der Waals surface area contributed by atoms with Crippen LogP contribution in [0.4, 0.5) is 11.6 Å². The molecule has 1 aromatic carbocycles. The zero-order valence-electron chi connectivity index (χ0n) is 21.8. The number of furan rings is 1. The van der Waals surface area contributed by atoms with Gasteiger partial charge in [-0.1, -0.05) is 0 Å². The first-order valence-corrected chi connectivity index (χ1v) is 13.3. The zero-order chi connectivity index (χ0) is 26.5. The number of aryl methyl sites for hydroxylation is 1. The van der Waals surface area contributed by atoms with Crippen LogP contribution in [0, 0.1) is 0 Å². The van der Waals surface area contributed by atoms with Crippen molar-refractivity contribution in [2.75, 3.05) is 56.4 Å². The number of aromatic nitrogens is 5. The Morgan fingerprint density at radius 2 is 1.90 bits per heavy atom. The summed E-state index contributed by atoms with van der Waals surface area (Å²) in [6.45, 7) is 6.79. The van der Waals surface area contributed by atoms with E-state index >= 15 is 0 Å². The number of fused-ring (bicyclic) bond motifs is 3. The third kappa shape index (κ3) is 4.21. The lowest BCUT2D eigenvalue weighted by Crippen LogP contribution is -2.50. The molecule has 0 amide bonds. The molecule has 2 aliphatic heterocycles. The van der Waals surface area contributed by atoms with Crippen molar-refractivity contribution in [3.63, 3.8) is 0 Å². The Hall–Kier alpha value is -4.29. The Bertz CT molecular complexity index is 1670. The van der Waals surface area contributed by atoms with E-state index in [1.807, 2.05) is 18.2 Å². The molecule has 4 aromatic heterocycles. The van der Waals surface area contributed by atoms with Crippen molar-refractivity contribution in [3.8, 4) is 17.2 Å². The summed E-state index contributed by atoms with van der Waals surface area (Å²) in [6, 6.07) is 13.9. The minimum atomic E-state index is -0.121. The fourth-order valence-corrected chi connectivity index (χ4v) is 5.42. The third-order valence-corrected chi connectivity index (χ3v) is 7.74. The lowest BCUT2D eigenvalue weighted by molar-refractivity contribution is 0.142. The lowest BCUT2D eigenvalue weighted by atomic mass is 10.2. The van der Waals surface area contributed by atoms with Gasteiger partial charge < -0.3 is 25.1 Å². The van der Waals surface area contributed by atoms with Crippen LogP contribution >= 0.6 is 0 Å². The van der Waals surface area contributed by atoms with Crippen molar-refractivity contribution < 1.29 is 9.15 Å². The molecule has 0 atom stereocenters. The van der Waals surface area contributed by atoms with E-state index in [2.05, 4.69) is 49.5 Å². The van der Waals surface area contributed by atoms with E-state index in [4.69, 9.17) is 14.9 Å². The van der Waals surface area contributed by atoms with E-state index in [-0.39, 0.29) is 17.7 Å². The standard InChI is InChI=1S/C27H31N9O3/c1-32-24-22-15-21(23-3-2-14-38-23)31-36(22)26(28)30-25(24)35(27(32)37)13-10-33-8-11-34(12-9-33)18-4-6-19(7-5-18)39-20-16-29-17-20/h2-7,14-15,20,29H,8-13,16-17H2,1H3,(H2,28,30). The molecule has 0 aliphatic carbocycles. The molecule has 0 spiro atoms. The fraction of sp³-hybridized carbons (Fsp3) is 0.370. The van der Waals surface area contributed by atoms with Gasteiger partial charge in [0.25, 0.3) is 0 Å². The average molecular weight is 530 g/mol. The highest BCUT2D eigenvalue weighted by atomic mass is 16.5. The highest BCUT2D eigenvalue weighted by Crippen LogP contribution is 2.26. The van der Waals surface area contributed by atoms with Gasteiger partial charge in [-0.2, -0.15) is 14.6 Å². The van der Waals surface area contributed by atoms with Crippen LogP contribution in [-0.2, 0) is 13.6 Å². The van der Waals surface area contributed by atoms with E-state index in [0.29, 0.717) is 29.2 Å². The van der Waals surface area contributed by atoms with Crippen LogP contribution < -0.4 is 26.4 Å². The number of benzene rings is 1. The van der Waals surface area contributed by atoms with Crippen LogP contribution in [0.5, 0.6) is 5.75 Å². The normalized spacial score (nSPS) is 16.8. The number of rotatable bonds is 7. The van der Waals surface area contributed by atoms with Gasteiger partial charge in [-0.25, -0.2) is 4.79 Å². The summed E-state index contributed by atoms with van der Waals surface area (Å²) in [6.07, 6.45) is 1.88. The molecule has 12 nitrogen and oxygen atoms in total. The average Bonchev–Trinajstić information content (AvgIpc) is 3.66. The van der Waals surface area contributed by atoms with Crippen molar-refractivity contribution in [2.24, 2.45) is 7.05 Å². The van der Waals surface area contributed by atoms with Crippen LogP contribution in [0.25, 0.3) is 28.1 Å². The Balaban J connectivity index is 1.05. The van der Waals surface area contributed by atoms with Crippen molar-refractivity contribution in [3.05, 3.63) is 59.2 Å². The summed E-state index contributed by atoms with van der Waals surface area (Å²) in [5.74, 6) is 1.78. The number of anilines is 2. The first kappa shape index (κ1) is 23.8. The summed E-state index contributed by atoms with van der Waals surface area (Å²) >= 11 is 0. The van der Waals surface area contributed by atoms with Crippen LogP contribution in [0.15, 0.2) is 57.9 Å². The zero-order valence-corrected chi connectivity index (χ0v) is 21.8. The predicted molar refractivity (Wildman–Crippen MR) is 148 cm³/mol. The minimum absolute atomic E-state index is 0.121. The topological polar surface area (TPSA) is 124 Å². The van der Waals surface area contributed by atoms with Crippen LogP contribution in [0.2, 0.25) is 0 Å². The molecule has 2 aliphatic rings. The molecule has 0 bridgehead atoms. The number of nitrogens with one attached hydrogen (secondary N) is 1. The molecule has 6 heterocycles. The molecule has 39 heavy (non-hydrogen) atoms. The highest BCUT2D eigenvalue weighted by Gasteiger charge is 2.23. The molecule has 5 aromatic rings. The summed E-state index contributed by atoms with van der Waals surface area (Å²) in [7, 11) is 1.76. The second-order valence-electron chi connectivity index (χ2n) is 10.2. The fourth-order valence-electron chi connectivity index (χ4n) is 5.42. The van der Waals surface area contributed by atoms with Crippen molar-refractivity contribution in [1.82, 2.24) is 33.9 Å². The third-order valence-electron chi connectivity index (χ3n) is 7.74. The Morgan fingerprint density at radius 1 is 1.10 bits per heavy atom. The minimum Gasteiger partial charge on any atom is -0.488 e. The number of ether oxygens (including phenoxy) is 1. The molecule has 0 radical (unpaired) electrons. The molecule has 0 saturated carbocycles. The van der Waals surface area contributed by atoms with Gasteiger partial charge in [-0.15, -0.1) is 0 Å². The largest absolute Gasteiger partial charge is 0.488 e. The molecule has 3 N–H and O–H groups in total. The van der Waals surface area contributed by atoms with Crippen LogP contribution in [0.3, 0.4) is 0 Å². The smallest absolute Gasteiger partial charge is 0.330 e. The van der Waals surface area contributed by atoms with Gasteiger partial charge in [0, 0.05) is 65.1 Å². The highest BCUT2D eigenvalue weighted by molar-refractivity contribution is 5.91. The molecule has 12 heteroatoms. The van der Waals surface area contributed by atoms with Gasteiger partial charge in [0.2, 0.25) is 5.95 Å². The maximum absolute atomic E-state index is 13.3. The number of hydrogen-bond acceptors (Lipinski definition) is 9. The van der Waals surface area contributed by atoms with E-state index in [1.165, 1.54) is 5.69 Å². The maximum Gasteiger partial charge on any atom is 0.330 e. The summed E-state index contributed by atoms with van der Waals surface area (Å²) in [5, 5.41) is 7.77. The van der Waals surface area contributed by atoms with Gasteiger partial charge in [0.1, 0.15) is 23.1 Å². The van der Waals surface area contributed by atoms with Crippen molar-refractivity contribution >= 4 is 28.3 Å². The number of hydrogen-bond donors (Lipinski definition) is 2. The quantitative estimate of drug-likeness (QED) is 0.322. The molecule has 202 valence electrons. The first-order valence-electron chi connectivity index (χ1n) is 13.3. The van der Waals surface area contributed by atoms with Crippen molar-refractivity contribution in [1.29, 1.82) is 0 Å². The van der Waals surface area contributed by atoms with Gasteiger partial charge in [0.15, 0.2) is 11.4 Å². The second-order valence-corrected chi connectivity index (χ2v) is 10.2. The molecular formula is C27H31N9O3. The first-order chi connectivity index (χ1) is 19.0. The van der Waals surface area contributed by atoms with Crippen LogP contribution in [-0.4, -0.2) is 80.5 Å². The summed E-state index contributed by atoms with van der Waals surface area (Å²) < 4.78 is 16.3. The molecular weight excluding hydrogens is 498 g/mol. The van der Waals surface area contributed by atoms with Crippen molar-refractivity contribution in [2.45, 2.75) is 12.6 Å². The van der Waals surface area contributed by atoms with Gasteiger partial charge in [0.05, 0.1) is 11.8 Å². The second kappa shape index (κ2) is 9.47. The number of piperazine rings is 1. The van der Waals surface area contributed by atoms with E-state index < -0.39 is 0 Å². The van der Waals surface area contributed by atoms with Gasteiger partial charge >= 0.3 is 5.69 Å². The Labute approximate surface area is 224 Å². The Kier molecular flexibility index (Phi) is 5.78. The van der Waals surface area contributed by atoms with E-state index in [1.54, 1.807) is 27.0 Å². The van der Waals surface area contributed by atoms with Gasteiger partial charge in [-0.05, 0) is 42.5 Å². The lowest BCUT2D eigenvalue weighted by Gasteiger charge is -2.36. The number of nitrogens with zero attached hydrogens (tertiary/aromatic N) is 7. The molecule has 2 saturated heterocycles. The van der Waals surface area contributed by atoms with E-state index in [9.17, 15) is 4.79 Å². The number of nitrogen functional groups attached to an aromatic ring is 1. The Morgan fingerprint density at radius 3 is 2.59 bits per heavy atom. The van der Waals surface area contributed by atoms with Gasteiger partial charge in [-0.3, -0.25) is 14.0 Å². The number of imidazole rings is 1. The molecule has 7 rings (SSSR count). The summed E-state index contributed by atoms with van der Waals surface area (Å²) in [4.78, 5) is 22.6. The molecule has 2 fully saturated rings.